The SMILES string of the molecule is NC(=O)Nc1cc(-c2ccc(Oc3ccccc3)cc2)sc1C(=O)O. The van der Waals surface area contributed by atoms with Crippen molar-refractivity contribution in [3.63, 3.8) is 0 Å². The van der Waals surface area contributed by atoms with Crippen molar-refractivity contribution < 1.29 is 19.4 Å². The summed E-state index contributed by atoms with van der Waals surface area (Å²) in [6.45, 7) is 0. The predicted octanol–water partition coefficient (Wildman–Crippen LogP) is 4.40. The number of carboxylic acid groups (broad SMARTS) is 1. The lowest BCUT2D eigenvalue weighted by Crippen LogP contribution is -2.20. The van der Waals surface area contributed by atoms with Crippen molar-refractivity contribution in [1.82, 2.24) is 0 Å². The fourth-order valence-electron chi connectivity index (χ4n) is 2.23. The number of rotatable bonds is 5. The first-order valence-corrected chi connectivity index (χ1v) is 8.11. The van der Waals surface area contributed by atoms with Crippen LogP contribution < -0.4 is 15.8 Å². The number of para-hydroxylation sites is 1. The van der Waals surface area contributed by atoms with Crippen LogP contribution in [0.5, 0.6) is 11.5 Å². The van der Waals surface area contributed by atoms with Gasteiger partial charge in [0.05, 0.1) is 5.69 Å². The number of thiophene rings is 1. The van der Waals surface area contributed by atoms with Crippen LogP contribution in [0, 0.1) is 0 Å². The maximum atomic E-state index is 11.3. The molecule has 0 radical (unpaired) electrons. The third-order valence-electron chi connectivity index (χ3n) is 3.30. The molecule has 1 heterocycles. The molecule has 1 aromatic heterocycles. The van der Waals surface area contributed by atoms with Crippen molar-refractivity contribution in [2.24, 2.45) is 5.73 Å². The lowest BCUT2D eigenvalue weighted by molar-refractivity contribution is 0.0703. The first kappa shape index (κ1) is 16.5. The number of carbonyl (C=O) groups excluding carboxylic acids is 1. The lowest BCUT2D eigenvalue weighted by Gasteiger charge is -2.06. The smallest absolute Gasteiger partial charge is 0.348 e. The van der Waals surface area contributed by atoms with E-state index in [9.17, 15) is 14.7 Å². The minimum Gasteiger partial charge on any atom is -0.477 e. The number of nitrogens with two attached hydrogens (primary N) is 1. The zero-order valence-electron chi connectivity index (χ0n) is 12.9. The van der Waals surface area contributed by atoms with Gasteiger partial charge in [-0.1, -0.05) is 18.2 Å². The van der Waals surface area contributed by atoms with Crippen molar-refractivity contribution in [3.8, 4) is 21.9 Å². The molecule has 0 fully saturated rings. The molecule has 0 aliphatic carbocycles. The number of primary amides is 1. The normalized spacial score (nSPS) is 10.2. The second-order valence-electron chi connectivity index (χ2n) is 5.09. The zero-order chi connectivity index (χ0) is 17.8. The molecule has 0 aliphatic rings. The summed E-state index contributed by atoms with van der Waals surface area (Å²) in [4.78, 5) is 23.0. The van der Waals surface area contributed by atoms with Gasteiger partial charge in [-0.25, -0.2) is 9.59 Å². The fourth-order valence-corrected chi connectivity index (χ4v) is 3.19. The minimum atomic E-state index is -1.12. The summed E-state index contributed by atoms with van der Waals surface area (Å²) in [5.41, 5.74) is 6.08. The highest BCUT2D eigenvalue weighted by Crippen LogP contribution is 2.36. The molecule has 0 saturated carbocycles. The van der Waals surface area contributed by atoms with Crippen LogP contribution in [0.3, 0.4) is 0 Å². The zero-order valence-corrected chi connectivity index (χ0v) is 13.7. The van der Waals surface area contributed by atoms with E-state index in [0.717, 1.165) is 22.6 Å². The summed E-state index contributed by atoms with van der Waals surface area (Å²) in [6.07, 6.45) is 0. The molecule has 0 aliphatic heterocycles. The summed E-state index contributed by atoms with van der Waals surface area (Å²) >= 11 is 1.06. The van der Waals surface area contributed by atoms with Crippen molar-refractivity contribution in [2.75, 3.05) is 5.32 Å². The van der Waals surface area contributed by atoms with Gasteiger partial charge in [0.25, 0.3) is 0 Å². The third kappa shape index (κ3) is 3.96. The number of nitrogens with one attached hydrogen (secondary N) is 1. The van der Waals surface area contributed by atoms with E-state index < -0.39 is 12.0 Å². The Bertz CT molecular complexity index is 905. The van der Waals surface area contributed by atoms with Gasteiger partial charge in [-0.15, -0.1) is 11.3 Å². The van der Waals surface area contributed by atoms with Gasteiger partial charge in [-0.3, -0.25) is 0 Å². The maximum Gasteiger partial charge on any atom is 0.348 e. The molecule has 4 N–H and O–H groups in total. The molecular formula is C18H14N2O4S. The number of urea groups is 1. The van der Waals surface area contributed by atoms with E-state index in [-0.39, 0.29) is 10.6 Å². The first-order chi connectivity index (χ1) is 12.0. The van der Waals surface area contributed by atoms with E-state index in [4.69, 9.17) is 10.5 Å². The van der Waals surface area contributed by atoms with Gasteiger partial charge in [0, 0.05) is 4.88 Å². The second kappa shape index (κ2) is 7.06. The summed E-state index contributed by atoms with van der Waals surface area (Å²) in [5, 5.41) is 11.6. The summed E-state index contributed by atoms with van der Waals surface area (Å²) in [7, 11) is 0. The quantitative estimate of drug-likeness (QED) is 0.632. The Morgan fingerprint density at radius 2 is 1.64 bits per heavy atom. The van der Waals surface area contributed by atoms with Gasteiger partial charge in [-0.05, 0) is 48.0 Å². The van der Waals surface area contributed by atoms with Crippen LogP contribution in [0.2, 0.25) is 0 Å². The number of carbonyl (C=O) groups is 2. The molecule has 0 spiro atoms. The summed E-state index contributed by atoms with van der Waals surface area (Å²) in [6, 6.07) is 17.4. The molecule has 3 aromatic rings. The maximum absolute atomic E-state index is 11.3. The number of aromatic carboxylic acids is 1. The van der Waals surface area contributed by atoms with E-state index in [1.54, 1.807) is 18.2 Å². The van der Waals surface area contributed by atoms with E-state index in [1.807, 2.05) is 42.5 Å². The topological polar surface area (TPSA) is 102 Å². The Morgan fingerprint density at radius 3 is 2.24 bits per heavy atom. The number of hydrogen-bond donors (Lipinski definition) is 3. The highest BCUT2D eigenvalue weighted by atomic mass is 32.1. The van der Waals surface area contributed by atoms with Gasteiger partial charge in [0.1, 0.15) is 16.4 Å². The first-order valence-electron chi connectivity index (χ1n) is 7.30. The molecule has 0 saturated heterocycles. The Hall–Kier alpha value is -3.32. The van der Waals surface area contributed by atoms with Crippen LogP contribution in [0.4, 0.5) is 10.5 Å². The third-order valence-corrected chi connectivity index (χ3v) is 4.47. The van der Waals surface area contributed by atoms with Crippen LogP contribution in [0.25, 0.3) is 10.4 Å². The number of carboxylic acids is 1. The Kier molecular flexibility index (Phi) is 4.67. The average Bonchev–Trinajstić information content (AvgIpc) is 3.00. The predicted molar refractivity (Wildman–Crippen MR) is 96.4 cm³/mol. The molecule has 0 bridgehead atoms. The molecule has 6 nitrogen and oxygen atoms in total. The molecule has 0 atom stereocenters. The number of ether oxygens (including phenoxy) is 1. The van der Waals surface area contributed by atoms with E-state index in [2.05, 4.69) is 5.32 Å². The highest BCUT2D eigenvalue weighted by molar-refractivity contribution is 7.18. The highest BCUT2D eigenvalue weighted by Gasteiger charge is 2.17. The molecule has 0 unspecified atom stereocenters. The van der Waals surface area contributed by atoms with Crippen LogP contribution in [-0.4, -0.2) is 17.1 Å². The van der Waals surface area contributed by atoms with Gasteiger partial charge in [0.2, 0.25) is 0 Å². The Labute approximate surface area is 147 Å². The summed E-state index contributed by atoms with van der Waals surface area (Å²) < 4.78 is 5.72. The molecular weight excluding hydrogens is 340 g/mol. The van der Waals surface area contributed by atoms with Gasteiger partial charge >= 0.3 is 12.0 Å². The standard InChI is InChI=1S/C18H14N2O4S/c19-18(23)20-14-10-15(25-16(14)17(21)22)11-6-8-13(9-7-11)24-12-4-2-1-3-5-12/h1-10H,(H,21,22)(H3,19,20,23). The number of benzene rings is 2. The minimum absolute atomic E-state index is 0.0263. The fraction of sp³-hybridized carbons (Fsp3) is 0. The van der Waals surface area contributed by atoms with Crippen LogP contribution in [-0.2, 0) is 0 Å². The Balaban J connectivity index is 1.84. The number of hydrogen-bond acceptors (Lipinski definition) is 4. The van der Waals surface area contributed by atoms with Crippen molar-refractivity contribution >= 4 is 29.0 Å². The summed E-state index contributed by atoms with van der Waals surface area (Å²) in [5.74, 6) is 0.275. The number of anilines is 1. The van der Waals surface area contributed by atoms with Crippen molar-refractivity contribution in [1.29, 1.82) is 0 Å². The van der Waals surface area contributed by atoms with Crippen LogP contribution in [0.15, 0.2) is 60.7 Å². The van der Waals surface area contributed by atoms with Crippen molar-refractivity contribution in [3.05, 3.63) is 65.5 Å². The molecule has 2 aromatic carbocycles. The van der Waals surface area contributed by atoms with Crippen LogP contribution in [0.1, 0.15) is 9.67 Å². The monoisotopic (exact) mass is 354 g/mol. The van der Waals surface area contributed by atoms with E-state index in [1.165, 1.54) is 0 Å². The van der Waals surface area contributed by atoms with Gasteiger partial charge in [0.15, 0.2) is 0 Å². The molecule has 7 heteroatoms. The van der Waals surface area contributed by atoms with E-state index >= 15 is 0 Å². The molecule has 25 heavy (non-hydrogen) atoms. The average molecular weight is 354 g/mol. The van der Waals surface area contributed by atoms with Crippen LogP contribution >= 0.6 is 11.3 Å². The Morgan fingerprint density at radius 1 is 1.00 bits per heavy atom. The molecule has 126 valence electrons. The molecule has 3 rings (SSSR count). The van der Waals surface area contributed by atoms with Gasteiger partial charge in [-0.2, -0.15) is 0 Å². The molecule has 2 amide bonds. The van der Waals surface area contributed by atoms with E-state index in [0.29, 0.717) is 10.6 Å². The largest absolute Gasteiger partial charge is 0.477 e. The van der Waals surface area contributed by atoms with Gasteiger partial charge < -0.3 is 20.9 Å². The van der Waals surface area contributed by atoms with Crippen molar-refractivity contribution in [2.45, 2.75) is 0 Å². The lowest BCUT2D eigenvalue weighted by atomic mass is 10.2. The number of amides is 2. The second-order valence-corrected chi connectivity index (χ2v) is 6.14.